The Morgan fingerprint density at radius 3 is 2.59 bits per heavy atom. The summed E-state index contributed by atoms with van der Waals surface area (Å²) in [6, 6.07) is 22.3. The molecule has 0 saturated heterocycles. The van der Waals surface area contributed by atoms with Crippen molar-refractivity contribution in [3.63, 3.8) is 0 Å². The summed E-state index contributed by atoms with van der Waals surface area (Å²) >= 11 is 0. The number of nitrogens with zero attached hydrogens (tertiary/aromatic N) is 1. The van der Waals surface area contributed by atoms with Gasteiger partial charge in [0.15, 0.2) is 5.58 Å². The molecule has 1 aromatic heterocycles. The van der Waals surface area contributed by atoms with Gasteiger partial charge < -0.3 is 14.5 Å². The fourth-order valence-electron chi connectivity index (χ4n) is 3.04. The number of nitrogens with one attached hydrogen (secondary N) is 1. The summed E-state index contributed by atoms with van der Waals surface area (Å²) in [7, 11) is 0. The number of hydrogen-bond acceptors (Lipinski definition) is 4. The highest BCUT2D eigenvalue weighted by molar-refractivity contribution is 5.80. The molecule has 0 aliphatic rings. The molecule has 3 aromatic carbocycles. The van der Waals surface area contributed by atoms with Crippen molar-refractivity contribution in [3.05, 3.63) is 77.9 Å². The van der Waals surface area contributed by atoms with Crippen LogP contribution in [0, 0.1) is 6.92 Å². The van der Waals surface area contributed by atoms with E-state index in [0.29, 0.717) is 12.5 Å². The molecule has 0 aliphatic carbocycles. The van der Waals surface area contributed by atoms with Crippen molar-refractivity contribution in [2.45, 2.75) is 20.4 Å². The van der Waals surface area contributed by atoms with Crippen molar-refractivity contribution < 1.29 is 9.15 Å². The van der Waals surface area contributed by atoms with E-state index in [1.165, 1.54) is 5.56 Å². The molecule has 4 aromatic rings. The molecule has 4 nitrogen and oxygen atoms in total. The topological polar surface area (TPSA) is 47.3 Å². The molecule has 136 valence electrons. The van der Waals surface area contributed by atoms with E-state index in [9.17, 15) is 0 Å². The smallest absolute Gasteiger partial charge is 0.227 e. The first-order chi connectivity index (χ1) is 13.2. The van der Waals surface area contributed by atoms with Gasteiger partial charge >= 0.3 is 0 Å². The lowest BCUT2D eigenvalue weighted by atomic mass is 10.1. The maximum Gasteiger partial charge on any atom is 0.227 e. The van der Waals surface area contributed by atoms with Crippen LogP contribution >= 0.6 is 0 Å². The Balaban J connectivity index is 1.51. The van der Waals surface area contributed by atoms with Crippen LogP contribution in [-0.4, -0.2) is 11.6 Å². The average molecular weight is 358 g/mol. The standard InChI is InChI=1S/C23H22N2O2/c1-3-26-19-11-8-17(9-12-19)15-24-18-10-13-22-21(14-18)25-23(27-22)20-7-5-4-6-16(20)2/h4-14,24H,3,15H2,1-2H3. The molecular weight excluding hydrogens is 336 g/mol. The molecule has 0 bridgehead atoms. The second kappa shape index (κ2) is 7.54. The third-order valence-corrected chi connectivity index (χ3v) is 4.49. The zero-order valence-corrected chi connectivity index (χ0v) is 15.5. The van der Waals surface area contributed by atoms with E-state index in [-0.39, 0.29) is 0 Å². The predicted octanol–water partition coefficient (Wildman–Crippen LogP) is 5.81. The predicted molar refractivity (Wildman–Crippen MR) is 109 cm³/mol. The molecule has 4 rings (SSSR count). The van der Waals surface area contributed by atoms with Gasteiger partial charge in [0.2, 0.25) is 5.89 Å². The molecule has 27 heavy (non-hydrogen) atoms. The van der Waals surface area contributed by atoms with Crippen LogP contribution in [0.1, 0.15) is 18.1 Å². The number of benzene rings is 3. The Hall–Kier alpha value is -3.27. The summed E-state index contributed by atoms with van der Waals surface area (Å²) in [6.07, 6.45) is 0. The molecule has 0 aliphatic heterocycles. The number of oxazole rings is 1. The fraction of sp³-hybridized carbons (Fsp3) is 0.174. The Morgan fingerprint density at radius 2 is 1.81 bits per heavy atom. The summed E-state index contributed by atoms with van der Waals surface area (Å²) in [4.78, 5) is 4.67. The van der Waals surface area contributed by atoms with Crippen molar-refractivity contribution in [2.24, 2.45) is 0 Å². The lowest BCUT2D eigenvalue weighted by Gasteiger charge is -2.07. The number of aryl methyl sites for hydroxylation is 1. The van der Waals surface area contributed by atoms with Crippen LogP contribution in [0.5, 0.6) is 5.75 Å². The van der Waals surface area contributed by atoms with Gasteiger partial charge in [-0.15, -0.1) is 0 Å². The van der Waals surface area contributed by atoms with Gasteiger partial charge in [-0.05, 0) is 61.4 Å². The maximum absolute atomic E-state index is 5.94. The van der Waals surface area contributed by atoms with Gasteiger partial charge in [0.1, 0.15) is 11.3 Å². The first-order valence-corrected chi connectivity index (χ1v) is 9.15. The van der Waals surface area contributed by atoms with E-state index in [1.54, 1.807) is 0 Å². The van der Waals surface area contributed by atoms with Gasteiger partial charge in [-0.2, -0.15) is 0 Å². The van der Waals surface area contributed by atoms with Crippen molar-refractivity contribution in [3.8, 4) is 17.2 Å². The summed E-state index contributed by atoms with van der Waals surface area (Å²) in [5, 5.41) is 3.44. The maximum atomic E-state index is 5.94. The van der Waals surface area contributed by atoms with Crippen molar-refractivity contribution in [1.82, 2.24) is 4.98 Å². The minimum absolute atomic E-state index is 0.659. The second-order valence-electron chi connectivity index (χ2n) is 6.45. The summed E-state index contributed by atoms with van der Waals surface area (Å²) in [6.45, 7) is 5.47. The third kappa shape index (κ3) is 3.80. The van der Waals surface area contributed by atoms with Crippen LogP contribution in [0.3, 0.4) is 0 Å². The molecule has 4 heteroatoms. The van der Waals surface area contributed by atoms with Crippen molar-refractivity contribution >= 4 is 16.8 Å². The van der Waals surface area contributed by atoms with E-state index < -0.39 is 0 Å². The monoisotopic (exact) mass is 358 g/mol. The Kier molecular flexibility index (Phi) is 4.79. The van der Waals surface area contributed by atoms with E-state index in [1.807, 2.05) is 55.5 Å². The molecule has 0 spiro atoms. The van der Waals surface area contributed by atoms with E-state index in [2.05, 4.69) is 35.4 Å². The summed E-state index contributed by atoms with van der Waals surface area (Å²) in [5.74, 6) is 1.56. The summed E-state index contributed by atoms with van der Waals surface area (Å²) < 4.78 is 11.4. The molecule has 0 saturated carbocycles. The highest BCUT2D eigenvalue weighted by Crippen LogP contribution is 2.28. The SMILES string of the molecule is CCOc1ccc(CNc2ccc3oc(-c4ccccc4C)nc3c2)cc1. The number of anilines is 1. The molecule has 0 atom stereocenters. The van der Waals surface area contributed by atoms with Crippen LogP contribution in [0.15, 0.2) is 71.1 Å². The lowest BCUT2D eigenvalue weighted by Crippen LogP contribution is -1.99. The number of aromatic nitrogens is 1. The zero-order valence-electron chi connectivity index (χ0n) is 15.5. The first-order valence-electron chi connectivity index (χ1n) is 9.15. The largest absolute Gasteiger partial charge is 0.494 e. The normalized spacial score (nSPS) is 10.9. The Bertz CT molecular complexity index is 1050. The molecular formula is C23H22N2O2. The first kappa shape index (κ1) is 17.2. The van der Waals surface area contributed by atoms with E-state index >= 15 is 0 Å². The van der Waals surface area contributed by atoms with Gasteiger partial charge in [0.25, 0.3) is 0 Å². The molecule has 0 radical (unpaired) electrons. The lowest BCUT2D eigenvalue weighted by molar-refractivity contribution is 0.340. The van der Waals surface area contributed by atoms with Crippen LogP contribution in [-0.2, 0) is 6.54 Å². The minimum Gasteiger partial charge on any atom is -0.494 e. The van der Waals surface area contributed by atoms with Gasteiger partial charge in [0, 0.05) is 17.8 Å². The molecule has 1 N–H and O–H groups in total. The van der Waals surface area contributed by atoms with Crippen LogP contribution in [0.4, 0.5) is 5.69 Å². The van der Waals surface area contributed by atoms with Gasteiger partial charge in [0.05, 0.1) is 6.61 Å². The number of fused-ring (bicyclic) bond motifs is 1. The van der Waals surface area contributed by atoms with E-state index in [0.717, 1.165) is 40.2 Å². The second-order valence-corrected chi connectivity index (χ2v) is 6.45. The number of rotatable bonds is 6. The van der Waals surface area contributed by atoms with Crippen LogP contribution in [0.25, 0.3) is 22.6 Å². The molecule has 1 heterocycles. The van der Waals surface area contributed by atoms with Crippen LogP contribution < -0.4 is 10.1 Å². The average Bonchev–Trinajstić information content (AvgIpc) is 3.11. The van der Waals surface area contributed by atoms with E-state index in [4.69, 9.17) is 9.15 Å². The molecule has 0 fully saturated rings. The third-order valence-electron chi connectivity index (χ3n) is 4.49. The van der Waals surface area contributed by atoms with Crippen LogP contribution in [0.2, 0.25) is 0 Å². The summed E-state index contributed by atoms with van der Waals surface area (Å²) in [5.41, 5.74) is 6.03. The minimum atomic E-state index is 0.659. The number of ether oxygens (including phenoxy) is 1. The molecule has 0 unspecified atom stereocenters. The van der Waals surface area contributed by atoms with Crippen molar-refractivity contribution in [2.75, 3.05) is 11.9 Å². The highest BCUT2D eigenvalue weighted by atomic mass is 16.5. The quantitative estimate of drug-likeness (QED) is 0.472. The molecule has 0 amide bonds. The number of hydrogen-bond donors (Lipinski definition) is 1. The van der Waals surface area contributed by atoms with Crippen molar-refractivity contribution in [1.29, 1.82) is 0 Å². The zero-order chi connectivity index (χ0) is 18.6. The highest BCUT2D eigenvalue weighted by Gasteiger charge is 2.10. The fourth-order valence-corrected chi connectivity index (χ4v) is 3.04. The van der Waals surface area contributed by atoms with Gasteiger partial charge in [-0.1, -0.05) is 30.3 Å². The van der Waals surface area contributed by atoms with Gasteiger partial charge in [-0.3, -0.25) is 0 Å². The van der Waals surface area contributed by atoms with Gasteiger partial charge in [-0.25, -0.2) is 4.98 Å². The Morgan fingerprint density at radius 1 is 1.00 bits per heavy atom. The Labute approximate surface area is 158 Å².